The summed E-state index contributed by atoms with van der Waals surface area (Å²) in [6.07, 6.45) is 0.839. The second-order valence-electron chi connectivity index (χ2n) is 3.57. The van der Waals surface area contributed by atoms with E-state index in [-0.39, 0.29) is 5.69 Å². The number of carbonyl (C=O) groups is 1. The molecule has 1 rings (SSSR count). The molecule has 0 bridgehead atoms. The van der Waals surface area contributed by atoms with E-state index in [0.29, 0.717) is 18.4 Å². The van der Waals surface area contributed by atoms with Gasteiger partial charge in [0.2, 0.25) is 0 Å². The van der Waals surface area contributed by atoms with Crippen molar-refractivity contribution in [1.82, 2.24) is 0 Å². The monoisotopic (exact) mass is 223 g/mol. The Balaban J connectivity index is 2.84. The highest BCUT2D eigenvalue weighted by atomic mass is 16.6. The number of carboxylic acids is 1. The zero-order valence-corrected chi connectivity index (χ0v) is 8.92. The molecule has 0 saturated carbocycles. The van der Waals surface area contributed by atoms with E-state index in [2.05, 4.69) is 0 Å². The lowest BCUT2D eigenvalue weighted by Gasteiger charge is -2.08. The number of nitro benzene ring substituents is 1. The minimum atomic E-state index is -0.867. The summed E-state index contributed by atoms with van der Waals surface area (Å²) in [7, 11) is 0. The van der Waals surface area contributed by atoms with Gasteiger partial charge < -0.3 is 5.11 Å². The van der Waals surface area contributed by atoms with E-state index in [4.69, 9.17) is 5.11 Å². The van der Waals surface area contributed by atoms with Crippen LogP contribution in [-0.4, -0.2) is 16.0 Å². The second kappa shape index (κ2) is 5.25. The third kappa shape index (κ3) is 3.05. The Bertz CT molecular complexity index is 403. The smallest absolute Gasteiger partial charge is 0.306 e. The maximum Gasteiger partial charge on any atom is 0.306 e. The Labute approximate surface area is 92.9 Å². The van der Waals surface area contributed by atoms with Gasteiger partial charge in [0.1, 0.15) is 0 Å². The van der Waals surface area contributed by atoms with Crippen molar-refractivity contribution in [2.24, 2.45) is 5.92 Å². The van der Waals surface area contributed by atoms with Gasteiger partial charge in [0, 0.05) is 12.1 Å². The van der Waals surface area contributed by atoms with Crippen molar-refractivity contribution in [3.63, 3.8) is 0 Å². The van der Waals surface area contributed by atoms with Crippen LogP contribution in [0.5, 0.6) is 0 Å². The van der Waals surface area contributed by atoms with Gasteiger partial charge in [0.05, 0.1) is 10.8 Å². The molecule has 1 unspecified atom stereocenters. The van der Waals surface area contributed by atoms with Crippen LogP contribution in [0.25, 0.3) is 0 Å². The van der Waals surface area contributed by atoms with Crippen LogP contribution < -0.4 is 0 Å². The summed E-state index contributed by atoms with van der Waals surface area (Å²) < 4.78 is 0. The van der Waals surface area contributed by atoms with Crippen molar-refractivity contribution >= 4 is 11.7 Å². The fourth-order valence-corrected chi connectivity index (χ4v) is 1.49. The number of rotatable bonds is 5. The number of aliphatic carboxylic acids is 1. The number of nitrogens with zero attached hydrogens (tertiary/aromatic N) is 1. The fourth-order valence-electron chi connectivity index (χ4n) is 1.49. The summed E-state index contributed by atoms with van der Waals surface area (Å²) >= 11 is 0. The highest BCUT2D eigenvalue weighted by Gasteiger charge is 2.16. The first-order valence-corrected chi connectivity index (χ1v) is 5.00. The molecule has 1 N–H and O–H groups in total. The van der Waals surface area contributed by atoms with Crippen LogP contribution in [-0.2, 0) is 11.2 Å². The van der Waals surface area contributed by atoms with Crippen LogP contribution in [0, 0.1) is 16.0 Å². The van der Waals surface area contributed by atoms with Crippen LogP contribution in [0.2, 0.25) is 0 Å². The summed E-state index contributed by atoms with van der Waals surface area (Å²) in [5.41, 5.74) is 0.682. The van der Waals surface area contributed by atoms with E-state index in [9.17, 15) is 14.9 Å². The average Bonchev–Trinajstić information content (AvgIpc) is 2.25. The Morgan fingerprint density at radius 2 is 2.25 bits per heavy atom. The van der Waals surface area contributed by atoms with Crippen LogP contribution in [0.4, 0.5) is 5.69 Å². The SMILES string of the molecule is CCC(Cc1cccc([N+](=O)[O-])c1)C(=O)O. The van der Waals surface area contributed by atoms with Crippen LogP contribution in [0.3, 0.4) is 0 Å². The van der Waals surface area contributed by atoms with Crippen molar-refractivity contribution in [3.8, 4) is 0 Å². The second-order valence-corrected chi connectivity index (χ2v) is 3.57. The molecule has 16 heavy (non-hydrogen) atoms. The van der Waals surface area contributed by atoms with Gasteiger partial charge in [-0.1, -0.05) is 19.1 Å². The molecule has 5 nitrogen and oxygen atoms in total. The molecular formula is C11H13NO4. The van der Waals surface area contributed by atoms with Crippen molar-refractivity contribution in [1.29, 1.82) is 0 Å². The van der Waals surface area contributed by atoms with Gasteiger partial charge >= 0.3 is 5.97 Å². The number of benzene rings is 1. The number of hydrogen-bond acceptors (Lipinski definition) is 3. The minimum absolute atomic E-state index is 0.00209. The van der Waals surface area contributed by atoms with Gasteiger partial charge in [0.15, 0.2) is 0 Å². The molecule has 1 aromatic carbocycles. The molecule has 0 amide bonds. The topological polar surface area (TPSA) is 80.4 Å². The molecule has 1 atom stereocenters. The molecule has 0 spiro atoms. The van der Waals surface area contributed by atoms with Crippen molar-refractivity contribution in [2.45, 2.75) is 19.8 Å². The molecule has 5 heteroatoms. The molecule has 0 fully saturated rings. The molecule has 86 valence electrons. The first-order valence-electron chi connectivity index (χ1n) is 5.00. The third-order valence-corrected chi connectivity index (χ3v) is 2.45. The van der Waals surface area contributed by atoms with E-state index >= 15 is 0 Å². The Morgan fingerprint density at radius 1 is 1.56 bits per heavy atom. The molecule has 0 heterocycles. The lowest BCUT2D eigenvalue weighted by Crippen LogP contribution is -2.15. The van der Waals surface area contributed by atoms with Crippen molar-refractivity contribution < 1.29 is 14.8 Å². The normalized spacial score (nSPS) is 12.1. The Kier molecular flexibility index (Phi) is 3.99. The van der Waals surface area contributed by atoms with E-state index in [1.54, 1.807) is 19.1 Å². The van der Waals surface area contributed by atoms with Gasteiger partial charge in [0.25, 0.3) is 5.69 Å². The van der Waals surface area contributed by atoms with E-state index < -0.39 is 16.8 Å². The molecule has 0 aliphatic carbocycles. The Morgan fingerprint density at radius 3 is 2.75 bits per heavy atom. The maximum absolute atomic E-state index is 10.8. The zero-order valence-electron chi connectivity index (χ0n) is 8.92. The zero-order chi connectivity index (χ0) is 12.1. The summed E-state index contributed by atoms with van der Waals surface area (Å²) in [6, 6.07) is 6.09. The van der Waals surface area contributed by atoms with E-state index in [0.717, 1.165) is 0 Å². The molecule has 0 radical (unpaired) electrons. The maximum atomic E-state index is 10.8. The van der Waals surface area contributed by atoms with Crippen LogP contribution >= 0.6 is 0 Å². The van der Waals surface area contributed by atoms with E-state index in [1.165, 1.54) is 12.1 Å². The highest BCUT2D eigenvalue weighted by molar-refractivity contribution is 5.70. The Hall–Kier alpha value is -1.91. The van der Waals surface area contributed by atoms with Gasteiger partial charge in [-0.15, -0.1) is 0 Å². The molecule has 0 aliphatic rings. The van der Waals surface area contributed by atoms with Crippen LogP contribution in [0.1, 0.15) is 18.9 Å². The van der Waals surface area contributed by atoms with Gasteiger partial charge in [-0.3, -0.25) is 14.9 Å². The van der Waals surface area contributed by atoms with Crippen LogP contribution in [0.15, 0.2) is 24.3 Å². The van der Waals surface area contributed by atoms with Crippen molar-refractivity contribution in [3.05, 3.63) is 39.9 Å². The summed E-state index contributed by atoms with van der Waals surface area (Å²) in [5, 5.41) is 19.4. The average molecular weight is 223 g/mol. The molecule has 0 saturated heterocycles. The van der Waals surface area contributed by atoms with Gasteiger partial charge in [-0.2, -0.15) is 0 Å². The molecule has 0 aliphatic heterocycles. The lowest BCUT2D eigenvalue weighted by molar-refractivity contribution is -0.384. The molecule has 0 aromatic heterocycles. The summed E-state index contributed by atoms with van der Waals surface area (Å²) in [4.78, 5) is 20.9. The quantitative estimate of drug-likeness (QED) is 0.613. The third-order valence-electron chi connectivity index (χ3n) is 2.45. The van der Waals surface area contributed by atoms with Crippen molar-refractivity contribution in [2.75, 3.05) is 0 Å². The first-order chi connectivity index (χ1) is 7.54. The molecular weight excluding hydrogens is 210 g/mol. The predicted molar refractivity (Wildman–Crippen MR) is 58.2 cm³/mol. The number of hydrogen-bond donors (Lipinski definition) is 1. The first kappa shape index (κ1) is 12.2. The number of non-ortho nitro benzene ring substituents is 1. The number of nitro groups is 1. The van der Waals surface area contributed by atoms with E-state index in [1.807, 2.05) is 0 Å². The standard InChI is InChI=1S/C11H13NO4/c1-2-9(11(13)14)6-8-4-3-5-10(7-8)12(15)16/h3-5,7,9H,2,6H2,1H3,(H,13,14). The summed E-state index contributed by atoms with van der Waals surface area (Å²) in [5.74, 6) is -1.35. The largest absolute Gasteiger partial charge is 0.481 e. The summed E-state index contributed by atoms with van der Waals surface area (Å²) in [6.45, 7) is 1.79. The predicted octanol–water partition coefficient (Wildman–Crippen LogP) is 2.25. The van der Waals surface area contributed by atoms with Gasteiger partial charge in [-0.25, -0.2) is 0 Å². The minimum Gasteiger partial charge on any atom is -0.481 e. The lowest BCUT2D eigenvalue weighted by atomic mass is 9.97. The van der Waals surface area contributed by atoms with Gasteiger partial charge in [-0.05, 0) is 18.4 Å². The fraction of sp³-hybridized carbons (Fsp3) is 0.364. The number of carboxylic acid groups (broad SMARTS) is 1. The highest BCUT2D eigenvalue weighted by Crippen LogP contribution is 2.17. The molecule has 1 aromatic rings.